The van der Waals surface area contributed by atoms with Gasteiger partial charge in [-0.25, -0.2) is 4.39 Å². The summed E-state index contributed by atoms with van der Waals surface area (Å²) in [5.74, 6) is -0.168. The van der Waals surface area contributed by atoms with Crippen molar-refractivity contribution in [1.29, 1.82) is 0 Å². The van der Waals surface area contributed by atoms with Crippen molar-refractivity contribution in [2.45, 2.75) is 57.6 Å². The van der Waals surface area contributed by atoms with Crippen molar-refractivity contribution in [1.82, 2.24) is 5.32 Å². The van der Waals surface area contributed by atoms with Crippen molar-refractivity contribution in [3.05, 3.63) is 35.6 Å². The van der Waals surface area contributed by atoms with Crippen LogP contribution in [0.5, 0.6) is 0 Å². The number of benzene rings is 1. The Balaban J connectivity index is 1.90. The van der Waals surface area contributed by atoms with Gasteiger partial charge in [-0.3, -0.25) is 0 Å². The van der Waals surface area contributed by atoms with E-state index in [0.29, 0.717) is 12.1 Å². The minimum atomic E-state index is -0.168. The molecule has 0 amide bonds. The average Bonchev–Trinajstić information content (AvgIpc) is 2.50. The Morgan fingerprint density at radius 2 is 2.10 bits per heavy atom. The van der Waals surface area contributed by atoms with Gasteiger partial charge in [-0.2, -0.15) is 0 Å². The fourth-order valence-electron chi connectivity index (χ4n) is 2.79. The molecule has 1 aliphatic heterocycles. The molecule has 1 fully saturated rings. The van der Waals surface area contributed by atoms with Crippen LogP contribution < -0.4 is 5.32 Å². The molecule has 0 saturated carbocycles. The third kappa shape index (κ3) is 4.88. The highest BCUT2D eigenvalue weighted by Gasteiger charge is 2.17. The first kappa shape index (κ1) is 15.5. The first-order chi connectivity index (χ1) is 9.79. The van der Waals surface area contributed by atoms with Crippen LogP contribution in [0.25, 0.3) is 0 Å². The van der Waals surface area contributed by atoms with E-state index in [1.807, 2.05) is 12.1 Å². The Kier molecular flexibility index (Phi) is 6.48. The Morgan fingerprint density at radius 3 is 2.75 bits per heavy atom. The van der Waals surface area contributed by atoms with Crippen LogP contribution in [0.1, 0.15) is 57.1 Å². The zero-order valence-electron chi connectivity index (χ0n) is 12.4. The van der Waals surface area contributed by atoms with E-state index in [1.165, 1.54) is 24.8 Å². The van der Waals surface area contributed by atoms with E-state index >= 15 is 0 Å². The molecule has 20 heavy (non-hydrogen) atoms. The highest BCUT2D eigenvalue weighted by Crippen LogP contribution is 2.24. The van der Waals surface area contributed by atoms with Crippen LogP contribution in [0.3, 0.4) is 0 Å². The third-order valence-corrected chi connectivity index (χ3v) is 3.96. The van der Waals surface area contributed by atoms with Crippen molar-refractivity contribution in [3.8, 4) is 0 Å². The van der Waals surface area contributed by atoms with Gasteiger partial charge in [0.25, 0.3) is 0 Å². The van der Waals surface area contributed by atoms with Crippen molar-refractivity contribution in [2.75, 3.05) is 13.2 Å². The molecule has 0 aromatic heterocycles. The summed E-state index contributed by atoms with van der Waals surface area (Å²) in [7, 11) is 0. The molecule has 1 aromatic rings. The standard InChI is InChI=1S/C17H26FNO/c1-2-12-19-17(14-6-8-15(18)9-7-14)11-10-16-5-3-4-13-20-16/h6-9,16-17,19H,2-5,10-13H2,1H3. The zero-order valence-corrected chi connectivity index (χ0v) is 12.4. The quantitative estimate of drug-likeness (QED) is 0.807. The lowest BCUT2D eigenvalue weighted by molar-refractivity contribution is 0.00854. The van der Waals surface area contributed by atoms with Crippen molar-refractivity contribution < 1.29 is 9.13 Å². The maximum atomic E-state index is 13.0. The van der Waals surface area contributed by atoms with Gasteiger partial charge in [0.2, 0.25) is 0 Å². The van der Waals surface area contributed by atoms with Crippen LogP contribution in [-0.4, -0.2) is 19.3 Å². The summed E-state index contributed by atoms with van der Waals surface area (Å²) in [5, 5.41) is 3.57. The second-order valence-electron chi connectivity index (χ2n) is 5.62. The third-order valence-electron chi connectivity index (χ3n) is 3.96. The van der Waals surface area contributed by atoms with E-state index in [9.17, 15) is 4.39 Å². The van der Waals surface area contributed by atoms with Crippen molar-refractivity contribution in [3.63, 3.8) is 0 Å². The molecule has 112 valence electrons. The topological polar surface area (TPSA) is 21.3 Å². The van der Waals surface area contributed by atoms with Crippen LogP contribution >= 0.6 is 0 Å². The lowest BCUT2D eigenvalue weighted by atomic mass is 9.97. The molecule has 0 spiro atoms. The lowest BCUT2D eigenvalue weighted by Crippen LogP contribution is -2.25. The summed E-state index contributed by atoms with van der Waals surface area (Å²) in [4.78, 5) is 0. The van der Waals surface area contributed by atoms with Crippen LogP contribution in [0, 0.1) is 5.82 Å². The Bertz CT molecular complexity index is 373. The maximum absolute atomic E-state index is 13.0. The van der Waals surface area contributed by atoms with E-state index in [-0.39, 0.29) is 5.82 Å². The summed E-state index contributed by atoms with van der Waals surface area (Å²) in [6.45, 7) is 4.07. The molecule has 0 bridgehead atoms. The molecule has 0 aliphatic carbocycles. The first-order valence-electron chi connectivity index (χ1n) is 7.90. The monoisotopic (exact) mass is 279 g/mol. The predicted octanol–water partition coefficient (Wildman–Crippen LogP) is 4.22. The normalized spacial score (nSPS) is 20.8. The summed E-state index contributed by atoms with van der Waals surface area (Å²) >= 11 is 0. The lowest BCUT2D eigenvalue weighted by Gasteiger charge is -2.25. The number of hydrogen-bond donors (Lipinski definition) is 1. The summed E-state index contributed by atoms with van der Waals surface area (Å²) < 4.78 is 18.8. The van der Waals surface area contributed by atoms with E-state index in [0.717, 1.165) is 32.4 Å². The van der Waals surface area contributed by atoms with Gasteiger partial charge in [0.1, 0.15) is 5.82 Å². The molecular weight excluding hydrogens is 253 g/mol. The number of nitrogens with one attached hydrogen (secondary N) is 1. The number of ether oxygens (including phenoxy) is 1. The fourth-order valence-corrected chi connectivity index (χ4v) is 2.79. The molecule has 3 heteroatoms. The molecule has 1 heterocycles. The molecule has 1 aromatic carbocycles. The molecule has 2 unspecified atom stereocenters. The van der Waals surface area contributed by atoms with Gasteiger partial charge in [0.05, 0.1) is 6.10 Å². The highest BCUT2D eigenvalue weighted by atomic mass is 19.1. The smallest absolute Gasteiger partial charge is 0.123 e. The van der Waals surface area contributed by atoms with Crippen LogP contribution in [0.2, 0.25) is 0 Å². The summed E-state index contributed by atoms with van der Waals surface area (Å²) in [5.41, 5.74) is 1.18. The molecule has 2 nitrogen and oxygen atoms in total. The van der Waals surface area contributed by atoms with Gasteiger partial charge in [-0.15, -0.1) is 0 Å². The molecule has 1 aliphatic rings. The van der Waals surface area contributed by atoms with Gasteiger partial charge in [0.15, 0.2) is 0 Å². The van der Waals surface area contributed by atoms with Gasteiger partial charge in [0, 0.05) is 12.6 Å². The molecular formula is C17H26FNO. The van der Waals surface area contributed by atoms with Gasteiger partial charge in [-0.1, -0.05) is 19.1 Å². The molecule has 1 N–H and O–H groups in total. The minimum Gasteiger partial charge on any atom is -0.378 e. The second kappa shape index (κ2) is 8.38. The fraction of sp³-hybridized carbons (Fsp3) is 0.647. The van der Waals surface area contributed by atoms with Crippen molar-refractivity contribution in [2.24, 2.45) is 0 Å². The van der Waals surface area contributed by atoms with Crippen molar-refractivity contribution >= 4 is 0 Å². The maximum Gasteiger partial charge on any atom is 0.123 e. The average molecular weight is 279 g/mol. The number of hydrogen-bond acceptors (Lipinski definition) is 2. The molecule has 0 radical (unpaired) electrons. The van der Waals surface area contributed by atoms with E-state index in [4.69, 9.17) is 4.74 Å². The van der Waals surface area contributed by atoms with E-state index in [2.05, 4.69) is 12.2 Å². The van der Waals surface area contributed by atoms with Gasteiger partial charge in [-0.05, 0) is 62.8 Å². The Hall–Kier alpha value is -0.930. The molecule has 2 atom stereocenters. The van der Waals surface area contributed by atoms with E-state index in [1.54, 1.807) is 12.1 Å². The molecule has 2 rings (SSSR count). The summed E-state index contributed by atoms with van der Waals surface area (Å²) in [6, 6.07) is 7.19. The first-order valence-corrected chi connectivity index (χ1v) is 7.90. The van der Waals surface area contributed by atoms with Crippen LogP contribution in [0.15, 0.2) is 24.3 Å². The van der Waals surface area contributed by atoms with E-state index < -0.39 is 0 Å². The second-order valence-corrected chi connectivity index (χ2v) is 5.62. The summed E-state index contributed by atoms with van der Waals surface area (Å²) in [6.07, 6.45) is 7.33. The van der Waals surface area contributed by atoms with Gasteiger partial charge < -0.3 is 10.1 Å². The molecule has 1 saturated heterocycles. The number of halogens is 1. The van der Waals surface area contributed by atoms with Crippen LogP contribution in [-0.2, 0) is 4.74 Å². The Morgan fingerprint density at radius 1 is 1.30 bits per heavy atom. The Labute approximate surface area is 121 Å². The highest BCUT2D eigenvalue weighted by molar-refractivity contribution is 5.19. The predicted molar refractivity (Wildman–Crippen MR) is 80.3 cm³/mol. The zero-order chi connectivity index (χ0) is 14.2. The minimum absolute atomic E-state index is 0.168. The SMILES string of the molecule is CCCNC(CCC1CCCCO1)c1ccc(F)cc1. The van der Waals surface area contributed by atoms with Gasteiger partial charge >= 0.3 is 0 Å². The largest absolute Gasteiger partial charge is 0.378 e. The number of rotatable bonds is 7. The van der Waals surface area contributed by atoms with Crippen LogP contribution in [0.4, 0.5) is 4.39 Å².